The Morgan fingerprint density at radius 3 is 1.87 bits per heavy atom. The van der Waals surface area contributed by atoms with E-state index in [0.717, 1.165) is 32.8 Å². The Hall–Kier alpha value is -3.12. The minimum absolute atomic E-state index is 0.295. The summed E-state index contributed by atoms with van der Waals surface area (Å²) in [5.74, 6) is -0.379. The number of nitrogens with zero attached hydrogens (tertiary/aromatic N) is 1. The molecule has 0 radical (unpaired) electrons. The number of hydrogen-bond donors (Lipinski definition) is 1. The van der Waals surface area contributed by atoms with Crippen LogP contribution in [0.5, 0.6) is 0 Å². The molecule has 5 nitrogen and oxygen atoms in total. The van der Waals surface area contributed by atoms with E-state index in [0.29, 0.717) is 5.69 Å². The summed E-state index contributed by atoms with van der Waals surface area (Å²) in [6, 6.07) is 24.3. The van der Waals surface area contributed by atoms with Crippen LogP contribution in [0.1, 0.15) is 28.3 Å². The summed E-state index contributed by atoms with van der Waals surface area (Å²) >= 11 is 0. The van der Waals surface area contributed by atoms with Gasteiger partial charge < -0.3 is 5.32 Å². The fraction of sp³-hybridized carbons (Fsp3) is 0.208. The number of carbonyl (C=O) groups excluding carboxylic acids is 1. The highest BCUT2D eigenvalue weighted by Crippen LogP contribution is 2.23. The molecule has 1 N–H and O–H groups in total. The minimum Gasteiger partial charge on any atom is -0.344 e. The molecule has 0 saturated carbocycles. The Kier molecular flexibility index (Phi) is 6.57. The molecule has 0 spiro atoms. The first-order valence-corrected chi connectivity index (χ1v) is 11.5. The van der Waals surface area contributed by atoms with Crippen LogP contribution in [0.15, 0.2) is 78.9 Å². The molecule has 3 rings (SSSR count). The summed E-state index contributed by atoms with van der Waals surface area (Å²) in [4.78, 5) is 12.9. The van der Waals surface area contributed by atoms with E-state index in [1.807, 2.05) is 80.6 Å². The zero-order valence-electron chi connectivity index (χ0n) is 17.4. The highest BCUT2D eigenvalue weighted by Gasteiger charge is 2.23. The lowest BCUT2D eigenvalue weighted by molar-refractivity contribution is -0.120. The second-order valence-corrected chi connectivity index (χ2v) is 9.33. The van der Waals surface area contributed by atoms with Crippen molar-refractivity contribution in [1.82, 2.24) is 5.32 Å². The first kappa shape index (κ1) is 21.6. The van der Waals surface area contributed by atoms with E-state index >= 15 is 0 Å². The quantitative estimate of drug-likeness (QED) is 0.626. The molecule has 0 aliphatic carbocycles. The van der Waals surface area contributed by atoms with E-state index in [1.165, 1.54) is 0 Å². The number of carbonyl (C=O) groups is 1. The highest BCUT2D eigenvalue weighted by molar-refractivity contribution is 7.92. The third-order valence-corrected chi connectivity index (χ3v) is 6.00. The van der Waals surface area contributed by atoms with Crippen LogP contribution in [-0.4, -0.2) is 27.1 Å². The molecular formula is C24H26N2O3S. The third kappa shape index (κ3) is 5.48. The van der Waals surface area contributed by atoms with Crippen LogP contribution >= 0.6 is 0 Å². The molecule has 0 heterocycles. The lowest BCUT2D eigenvalue weighted by Crippen LogP contribution is -2.41. The number of benzene rings is 3. The largest absolute Gasteiger partial charge is 0.344 e. The van der Waals surface area contributed by atoms with Crippen LogP contribution in [0.4, 0.5) is 5.69 Å². The van der Waals surface area contributed by atoms with Gasteiger partial charge in [-0.05, 0) is 37.1 Å². The molecule has 0 saturated heterocycles. The molecule has 3 aromatic carbocycles. The topological polar surface area (TPSA) is 66.5 Å². The van der Waals surface area contributed by atoms with Gasteiger partial charge in [-0.1, -0.05) is 77.9 Å². The number of sulfonamides is 1. The number of anilines is 1. The summed E-state index contributed by atoms with van der Waals surface area (Å²) in [5, 5.41) is 3.01. The molecule has 0 aromatic heterocycles. The molecule has 0 aliphatic rings. The number of nitrogens with one attached hydrogen (secondary N) is 1. The zero-order chi connectivity index (χ0) is 21.7. The molecule has 30 heavy (non-hydrogen) atoms. The minimum atomic E-state index is -3.62. The van der Waals surface area contributed by atoms with E-state index in [-0.39, 0.29) is 18.5 Å². The van der Waals surface area contributed by atoms with Crippen molar-refractivity contribution < 1.29 is 13.2 Å². The van der Waals surface area contributed by atoms with Crippen LogP contribution in [0, 0.1) is 13.8 Å². The van der Waals surface area contributed by atoms with E-state index < -0.39 is 10.0 Å². The van der Waals surface area contributed by atoms with E-state index in [2.05, 4.69) is 5.32 Å². The van der Waals surface area contributed by atoms with Crippen LogP contribution < -0.4 is 9.62 Å². The van der Waals surface area contributed by atoms with Crippen molar-refractivity contribution in [3.63, 3.8) is 0 Å². The molecule has 1 amide bonds. The third-order valence-electron chi connectivity index (χ3n) is 4.86. The van der Waals surface area contributed by atoms with Gasteiger partial charge in [0.2, 0.25) is 15.9 Å². The van der Waals surface area contributed by atoms with Crippen molar-refractivity contribution in [2.24, 2.45) is 0 Å². The fourth-order valence-corrected chi connectivity index (χ4v) is 4.07. The summed E-state index contributed by atoms with van der Waals surface area (Å²) in [6.45, 7) is 3.63. The fourth-order valence-electron chi connectivity index (χ4n) is 3.21. The molecule has 0 bridgehead atoms. The Balaban J connectivity index is 1.87. The Labute approximate surface area is 178 Å². The maximum absolute atomic E-state index is 12.9. The maximum atomic E-state index is 12.9. The second-order valence-electron chi connectivity index (χ2n) is 7.43. The van der Waals surface area contributed by atoms with E-state index in [1.54, 1.807) is 12.1 Å². The van der Waals surface area contributed by atoms with Gasteiger partial charge >= 0.3 is 0 Å². The Bertz CT molecular complexity index is 1090. The van der Waals surface area contributed by atoms with E-state index in [9.17, 15) is 13.2 Å². The van der Waals surface area contributed by atoms with Crippen molar-refractivity contribution in [3.8, 4) is 0 Å². The van der Waals surface area contributed by atoms with Gasteiger partial charge in [-0.2, -0.15) is 0 Å². The van der Waals surface area contributed by atoms with Gasteiger partial charge in [0.15, 0.2) is 0 Å². The predicted molar refractivity (Wildman–Crippen MR) is 121 cm³/mol. The van der Waals surface area contributed by atoms with Gasteiger partial charge in [0, 0.05) is 0 Å². The van der Waals surface area contributed by atoms with Crippen molar-refractivity contribution in [3.05, 3.63) is 101 Å². The number of rotatable bonds is 7. The van der Waals surface area contributed by atoms with Gasteiger partial charge in [-0.25, -0.2) is 8.42 Å². The van der Waals surface area contributed by atoms with Crippen molar-refractivity contribution in [2.75, 3.05) is 17.1 Å². The van der Waals surface area contributed by atoms with Gasteiger partial charge in [-0.3, -0.25) is 9.10 Å². The summed E-state index contributed by atoms with van der Waals surface area (Å²) in [7, 11) is -3.62. The molecular weight excluding hydrogens is 396 g/mol. The van der Waals surface area contributed by atoms with Crippen molar-refractivity contribution in [2.45, 2.75) is 19.9 Å². The lowest BCUT2D eigenvalue weighted by atomic mass is 9.98. The SMILES string of the molecule is Cc1ccc(C(NC(=O)CN(c2ccc(C)cc2)S(C)(=O)=O)c2ccccc2)cc1. The number of hydrogen-bond acceptors (Lipinski definition) is 3. The van der Waals surface area contributed by atoms with Crippen LogP contribution in [0.2, 0.25) is 0 Å². The number of amides is 1. The van der Waals surface area contributed by atoms with Crippen LogP contribution in [-0.2, 0) is 14.8 Å². The average molecular weight is 423 g/mol. The molecule has 3 aromatic rings. The van der Waals surface area contributed by atoms with Crippen LogP contribution in [0.3, 0.4) is 0 Å². The first-order chi connectivity index (χ1) is 14.2. The normalized spacial score (nSPS) is 12.2. The summed E-state index contributed by atoms with van der Waals surface area (Å²) in [5.41, 5.74) is 4.46. The predicted octanol–water partition coefficient (Wildman–Crippen LogP) is 3.98. The van der Waals surface area contributed by atoms with Gasteiger partial charge in [0.1, 0.15) is 6.54 Å². The van der Waals surface area contributed by atoms with Gasteiger partial charge in [-0.15, -0.1) is 0 Å². The van der Waals surface area contributed by atoms with Gasteiger partial charge in [0.25, 0.3) is 0 Å². The molecule has 156 valence electrons. The summed E-state index contributed by atoms with van der Waals surface area (Å²) in [6.07, 6.45) is 1.11. The molecule has 1 atom stereocenters. The zero-order valence-corrected chi connectivity index (χ0v) is 18.2. The molecule has 0 fully saturated rings. The maximum Gasteiger partial charge on any atom is 0.241 e. The molecule has 0 aliphatic heterocycles. The lowest BCUT2D eigenvalue weighted by Gasteiger charge is -2.25. The first-order valence-electron chi connectivity index (χ1n) is 9.69. The number of aryl methyl sites for hydroxylation is 2. The van der Waals surface area contributed by atoms with Crippen molar-refractivity contribution >= 4 is 21.6 Å². The molecule has 1 unspecified atom stereocenters. The Morgan fingerprint density at radius 1 is 0.833 bits per heavy atom. The highest BCUT2D eigenvalue weighted by atomic mass is 32.2. The Morgan fingerprint density at radius 2 is 1.33 bits per heavy atom. The smallest absolute Gasteiger partial charge is 0.241 e. The van der Waals surface area contributed by atoms with Crippen LogP contribution in [0.25, 0.3) is 0 Å². The average Bonchev–Trinajstić information content (AvgIpc) is 2.72. The standard InChI is InChI=1S/C24H26N2O3S/c1-18-9-13-21(14-10-18)24(20-7-5-4-6-8-20)25-23(27)17-26(30(3,28)29)22-15-11-19(2)12-16-22/h4-16,24H,17H2,1-3H3,(H,25,27). The second kappa shape index (κ2) is 9.13. The van der Waals surface area contributed by atoms with Crippen molar-refractivity contribution in [1.29, 1.82) is 0 Å². The van der Waals surface area contributed by atoms with Gasteiger partial charge in [0.05, 0.1) is 18.0 Å². The monoisotopic (exact) mass is 422 g/mol. The summed E-state index contributed by atoms with van der Waals surface area (Å²) < 4.78 is 25.8. The molecule has 6 heteroatoms. The van der Waals surface area contributed by atoms with E-state index in [4.69, 9.17) is 0 Å².